The minimum Gasteiger partial charge on any atom is -0.478 e. The molecule has 0 bridgehead atoms. The van der Waals surface area contributed by atoms with Gasteiger partial charge in [-0.05, 0) is 48.9 Å². The fourth-order valence-corrected chi connectivity index (χ4v) is 6.13. The van der Waals surface area contributed by atoms with Crippen LogP contribution in [0.2, 0.25) is 0 Å². The molecule has 1 aliphatic rings. The van der Waals surface area contributed by atoms with Crippen LogP contribution >= 0.6 is 11.8 Å². The second-order valence-electron chi connectivity index (χ2n) is 7.61. The van der Waals surface area contributed by atoms with Crippen LogP contribution in [0.5, 0.6) is 5.75 Å². The zero-order valence-electron chi connectivity index (χ0n) is 18.0. The Labute approximate surface area is 192 Å². The minimum atomic E-state index is -3.64. The van der Waals surface area contributed by atoms with Crippen molar-refractivity contribution in [1.29, 1.82) is 0 Å². The van der Waals surface area contributed by atoms with Crippen molar-refractivity contribution in [3.05, 3.63) is 54.6 Å². The van der Waals surface area contributed by atoms with Crippen molar-refractivity contribution in [1.82, 2.24) is 0 Å². The molecule has 0 aromatic heterocycles. The Bertz CT molecular complexity index is 1100. The normalized spacial score (nSPS) is 17.7. The van der Waals surface area contributed by atoms with Gasteiger partial charge in [-0.3, -0.25) is 0 Å². The van der Waals surface area contributed by atoms with E-state index in [0.29, 0.717) is 22.8 Å². The number of sulfone groups is 1. The number of carboxylic acid groups (broad SMARTS) is 1. The van der Waals surface area contributed by atoms with Gasteiger partial charge in [0.05, 0.1) is 33.6 Å². The van der Waals surface area contributed by atoms with Crippen LogP contribution in [0.15, 0.2) is 58.5 Å². The molecule has 0 fully saturated rings. The third-order valence-corrected chi connectivity index (χ3v) is 7.94. The summed E-state index contributed by atoms with van der Waals surface area (Å²) >= 11 is 1.36. The van der Waals surface area contributed by atoms with E-state index in [1.165, 1.54) is 30.0 Å². The first-order chi connectivity index (χ1) is 15.2. The zero-order chi connectivity index (χ0) is 23.3. The summed E-state index contributed by atoms with van der Waals surface area (Å²) in [4.78, 5) is 13.5. The molecule has 1 aliphatic heterocycles. The smallest absolute Gasteiger partial charge is 0.331 e. The number of anilines is 2. The minimum absolute atomic E-state index is 0.000709. The number of hydrogen-bond donors (Lipinski definition) is 1. The molecule has 0 saturated carbocycles. The van der Waals surface area contributed by atoms with Gasteiger partial charge in [0.2, 0.25) is 0 Å². The number of unbranched alkanes of at least 4 members (excludes halogenated alkanes) is 1. The van der Waals surface area contributed by atoms with Gasteiger partial charge in [-0.2, -0.15) is 0 Å². The summed E-state index contributed by atoms with van der Waals surface area (Å²) in [5.74, 6) is -1.35. The summed E-state index contributed by atoms with van der Waals surface area (Å²) in [5.41, 5.74) is 1.22. The summed E-state index contributed by atoms with van der Waals surface area (Å²) in [6.45, 7) is 2.56. The number of rotatable bonds is 8. The number of hydrogen-bond acceptors (Lipinski definition) is 6. The highest BCUT2D eigenvalue weighted by Crippen LogP contribution is 2.43. The maximum atomic E-state index is 13.6. The van der Waals surface area contributed by atoms with Gasteiger partial charge in [0.25, 0.3) is 0 Å². The molecule has 172 valence electrons. The average molecular weight is 480 g/mol. The van der Waals surface area contributed by atoms with E-state index < -0.39 is 15.8 Å². The molecule has 9 heteroatoms. The van der Waals surface area contributed by atoms with Gasteiger partial charge in [-0.25, -0.2) is 17.6 Å². The van der Waals surface area contributed by atoms with Gasteiger partial charge >= 0.3 is 5.97 Å². The number of ether oxygens (including phenoxy) is 1. The van der Waals surface area contributed by atoms with Crippen molar-refractivity contribution >= 4 is 38.9 Å². The lowest BCUT2D eigenvalue weighted by atomic mass is 10.0. The van der Waals surface area contributed by atoms with Crippen LogP contribution < -0.4 is 9.64 Å². The lowest BCUT2D eigenvalue weighted by Crippen LogP contribution is -2.26. The Balaban J connectivity index is 2.15. The lowest BCUT2D eigenvalue weighted by Gasteiger charge is -2.28. The first-order valence-corrected chi connectivity index (χ1v) is 13.2. The predicted molar refractivity (Wildman–Crippen MR) is 124 cm³/mol. The summed E-state index contributed by atoms with van der Waals surface area (Å²) in [6, 6.07) is 9.21. The highest BCUT2D eigenvalue weighted by atomic mass is 32.2. The molecule has 0 radical (unpaired) electrons. The molecular formula is C23H26FNO5S2. The van der Waals surface area contributed by atoms with Gasteiger partial charge in [0.1, 0.15) is 11.6 Å². The van der Waals surface area contributed by atoms with E-state index in [4.69, 9.17) is 9.84 Å². The average Bonchev–Trinajstić information content (AvgIpc) is 2.85. The molecular weight excluding hydrogens is 453 g/mol. The number of thioether (sulfide) groups is 1. The van der Waals surface area contributed by atoms with E-state index in [1.54, 1.807) is 18.2 Å². The van der Waals surface area contributed by atoms with Gasteiger partial charge in [0, 0.05) is 18.3 Å². The Morgan fingerprint density at radius 3 is 2.66 bits per heavy atom. The molecule has 32 heavy (non-hydrogen) atoms. The largest absolute Gasteiger partial charge is 0.478 e. The number of halogens is 1. The van der Waals surface area contributed by atoms with Crippen molar-refractivity contribution in [2.24, 2.45) is 5.92 Å². The fourth-order valence-electron chi connectivity index (χ4n) is 3.75. The van der Waals surface area contributed by atoms with Crippen LogP contribution in [0.3, 0.4) is 0 Å². The maximum Gasteiger partial charge on any atom is 0.331 e. The zero-order valence-corrected chi connectivity index (χ0v) is 19.6. The molecule has 6 nitrogen and oxygen atoms in total. The number of fused-ring (bicyclic) bond motifs is 1. The maximum absolute atomic E-state index is 13.6. The van der Waals surface area contributed by atoms with Crippen LogP contribution in [0.25, 0.3) is 0 Å². The van der Waals surface area contributed by atoms with E-state index in [1.807, 2.05) is 11.2 Å². The van der Waals surface area contributed by atoms with E-state index >= 15 is 0 Å². The summed E-state index contributed by atoms with van der Waals surface area (Å²) < 4.78 is 45.8. The van der Waals surface area contributed by atoms with Crippen LogP contribution in [0, 0.1) is 11.7 Å². The second kappa shape index (κ2) is 10.4. The Morgan fingerprint density at radius 1 is 1.31 bits per heavy atom. The molecule has 1 atom stereocenters. The molecule has 0 saturated heterocycles. The van der Waals surface area contributed by atoms with E-state index in [-0.39, 0.29) is 28.1 Å². The number of benzene rings is 2. The molecule has 2 aromatic carbocycles. The highest BCUT2D eigenvalue weighted by Gasteiger charge is 2.33. The van der Waals surface area contributed by atoms with Crippen LogP contribution in [0.1, 0.15) is 26.2 Å². The van der Waals surface area contributed by atoms with Crippen LogP contribution in [0.4, 0.5) is 15.8 Å². The number of carbonyl (C=O) groups is 1. The first-order valence-electron chi connectivity index (χ1n) is 10.3. The van der Waals surface area contributed by atoms with Crippen LogP contribution in [-0.2, 0) is 14.6 Å². The van der Waals surface area contributed by atoms with Crippen molar-refractivity contribution in [3.63, 3.8) is 0 Å². The fraction of sp³-hybridized carbons (Fsp3) is 0.348. The molecule has 0 spiro atoms. The summed E-state index contributed by atoms with van der Waals surface area (Å²) in [5, 5.41) is 8.81. The van der Waals surface area contributed by atoms with Crippen molar-refractivity contribution in [3.8, 4) is 5.75 Å². The Kier molecular flexibility index (Phi) is 7.84. The molecule has 1 N–H and O–H groups in total. The second-order valence-corrected chi connectivity index (χ2v) is 10.5. The number of carboxylic acids is 1. The van der Waals surface area contributed by atoms with Gasteiger partial charge < -0.3 is 14.7 Å². The SMILES string of the molecule is CCCC[C@@H]1CN(c2ccc(F)cc2)c2cc(SC)c(O/C=C/C(=O)O)cc2S(=O)(=O)C1. The van der Waals surface area contributed by atoms with Crippen molar-refractivity contribution in [2.45, 2.75) is 36.0 Å². The quantitative estimate of drug-likeness (QED) is 0.314. The van der Waals surface area contributed by atoms with Crippen molar-refractivity contribution in [2.75, 3.05) is 23.5 Å². The standard InChI is InChI=1S/C23H26FNO5S2/c1-3-4-5-16-14-25(18-8-6-17(24)7-9-18)19-12-21(31-2)20(30-11-10-23(26)27)13-22(19)32(28,29)15-16/h6-13,16H,3-5,14-15H2,1-2H3,(H,26,27)/b11-10+/t16-/m1/s1. The van der Waals surface area contributed by atoms with Gasteiger partial charge in [0.15, 0.2) is 9.84 Å². The molecule has 3 rings (SSSR count). The number of aliphatic carboxylic acids is 1. The Hall–Kier alpha value is -2.52. The molecule has 0 aliphatic carbocycles. The molecule has 1 heterocycles. The summed E-state index contributed by atoms with van der Waals surface area (Å²) in [6.07, 6.45) is 6.34. The van der Waals surface area contributed by atoms with E-state index in [2.05, 4.69) is 6.92 Å². The Morgan fingerprint density at radius 2 is 2.03 bits per heavy atom. The molecule has 0 unspecified atom stereocenters. The predicted octanol–water partition coefficient (Wildman–Crippen LogP) is 5.26. The molecule has 2 aromatic rings. The monoisotopic (exact) mass is 479 g/mol. The molecule has 0 amide bonds. The van der Waals surface area contributed by atoms with Gasteiger partial charge in [-0.1, -0.05) is 19.8 Å². The number of nitrogens with zero attached hydrogens (tertiary/aromatic N) is 1. The van der Waals surface area contributed by atoms with Crippen LogP contribution in [-0.4, -0.2) is 38.0 Å². The topological polar surface area (TPSA) is 83.9 Å². The lowest BCUT2D eigenvalue weighted by molar-refractivity contribution is -0.131. The van der Waals surface area contributed by atoms with E-state index in [9.17, 15) is 17.6 Å². The summed E-state index contributed by atoms with van der Waals surface area (Å²) in [7, 11) is -3.64. The van der Waals surface area contributed by atoms with Crippen molar-refractivity contribution < 1.29 is 27.4 Å². The first kappa shape index (κ1) is 24.1. The van der Waals surface area contributed by atoms with E-state index in [0.717, 1.165) is 31.6 Å². The third kappa shape index (κ3) is 5.63. The highest BCUT2D eigenvalue weighted by molar-refractivity contribution is 7.98. The third-order valence-electron chi connectivity index (χ3n) is 5.28. The van der Waals surface area contributed by atoms with Gasteiger partial charge in [-0.15, -0.1) is 11.8 Å².